The molecule has 0 saturated carbocycles. The minimum absolute atomic E-state index is 0.120. The van der Waals surface area contributed by atoms with Gasteiger partial charge in [-0.3, -0.25) is 0 Å². The Morgan fingerprint density at radius 2 is 1.89 bits per heavy atom. The van der Waals surface area contributed by atoms with Gasteiger partial charge in [0.1, 0.15) is 5.75 Å². The molecule has 2 rings (SSSR count). The summed E-state index contributed by atoms with van der Waals surface area (Å²) in [4.78, 5) is 21.9. The minimum atomic E-state index is -1.02. The van der Waals surface area contributed by atoms with E-state index in [1.807, 2.05) is 0 Å². The predicted octanol–water partition coefficient (Wildman–Crippen LogP) is 2.60. The first-order valence-corrected chi connectivity index (χ1v) is 5.42. The zero-order chi connectivity index (χ0) is 13.7. The third kappa shape index (κ3) is 3.57. The van der Waals surface area contributed by atoms with Gasteiger partial charge in [-0.15, -0.1) is 0 Å². The van der Waals surface area contributed by atoms with E-state index < -0.39 is 11.9 Å². The van der Waals surface area contributed by atoms with Crippen molar-refractivity contribution in [2.45, 2.75) is 0 Å². The second-order valence-electron chi connectivity index (χ2n) is 3.61. The van der Waals surface area contributed by atoms with Crippen LogP contribution in [0.3, 0.4) is 0 Å². The van der Waals surface area contributed by atoms with Crippen molar-refractivity contribution in [3.05, 3.63) is 60.1 Å². The van der Waals surface area contributed by atoms with Crippen molar-refractivity contribution in [2.75, 3.05) is 0 Å². The lowest BCUT2D eigenvalue weighted by molar-refractivity contribution is -0.131. The standard InChI is InChI=1S/C14H10O5/c15-13(16)8-5-10-3-6-11(7-4-10)19-14(17)12-2-1-9-18-12/h1-9H,(H,15,16). The number of hydrogen-bond acceptors (Lipinski definition) is 4. The summed E-state index contributed by atoms with van der Waals surface area (Å²) < 4.78 is 9.97. The molecular weight excluding hydrogens is 248 g/mol. The second kappa shape index (κ2) is 5.68. The van der Waals surface area contributed by atoms with E-state index in [-0.39, 0.29) is 5.76 Å². The number of aliphatic carboxylic acids is 1. The van der Waals surface area contributed by atoms with Gasteiger partial charge in [0.25, 0.3) is 0 Å². The summed E-state index contributed by atoms with van der Waals surface area (Å²) in [6.07, 6.45) is 3.86. The SMILES string of the molecule is O=C(O)C=Cc1ccc(OC(=O)c2ccco2)cc1. The number of furan rings is 1. The minimum Gasteiger partial charge on any atom is -0.478 e. The molecule has 0 unspecified atom stereocenters. The third-order valence-corrected chi connectivity index (χ3v) is 2.23. The molecule has 0 fully saturated rings. The van der Waals surface area contributed by atoms with Crippen LogP contribution in [0.1, 0.15) is 16.1 Å². The van der Waals surface area contributed by atoms with E-state index in [1.165, 1.54) is 18.4 Å². The molecule has 0 aliphatic rings. The van der Waals surface area contributed by atoms with E-state index in [0.29, 0.717) is 11.3 Å². The van der Waals surface area contributed by atoms with Gasteiger partial charge >= 0.3 is 11.9 Å². The maximum atomic E-state index is 11.6. The zero-order valence-corrected chi connectivity index (χ0v) is 9.78. The highest BCUT2D eigenvalue weighted by atomic mass is 16.5. The number of hydrogen-bond donors (Lipinski definition) is 1. The van der Waals surface area contributed by atoms with Crippen LogP contribution in [0.2, 0.25) is 0 Å². The van der Waals surface area contributed by atoms with Crippen molar-refractivity contribution in [1.82, 2.24) is 0 Å². The van der Waals surface area contributed by atoms with Crippen LogP contribution in [0, 0.1) is 0 Å². The lowest BCUT2D eigenvalue weighted by atomic mass is 10.2. The Morgan fingerprint density at radius 1 is 1.16 bits per heavy atom. The first-order chi connectivity index (χ1) is 9.15. The maximum absolute atomic E-state index is 11.6. The smallest absolute Gasteiger partial charge is 0.379 e. The molecule has 0 spiro atoms. The number of carbonyl (C=O) groups excluding carboxylic acids is 1. The van der Waals surface area contributed by atoms with Crippen LogP contribution in [0.5, 0.6) is 5.75 Å². The highest BCUT2D eigenvalue weighted by Gasteiger charge is 2.10. The van der Waals surface area contributed by atoms with Crippen molar-refractivity contribution in [3.63, 3.8) is 0 Å². The topological polar surface area (TPSA) is 76.7 Å². The molecule has 0 aliphatic carbocycles. The molecular formula is C14H10O5. The van der Waals surface area contributed by atoms with Gasteiger partial charge < -0.3 is 14.3 Å². The van der Waals surface area contributed by atoms with Gasteiger partial charge in [-0.1, -0.05) is 12.1 Å². The van der Waals surface area contributed by atoms with E-state index in [9.17, 15) is 9.59 Å². The van der Waals surface area contributed by atoms with Crippen molar-refractivity contribution >= 4 is 18.0 Å². The average molecular weight is 258 g/mol. The molecule has 1 aromatic heterocycles. The Bertz CT molecular complexity index is 593. The van der Waals surface area contributed by atoms with Crippen molar-refractivity contribution < 1.29 is 23.8 Å². The fourth-order valence-corrected chi connectivity index (χ4v) is 1.37. The number of carboxylic acid groups (broad SMARTS) is 1. The number of esters is 1. The Kier molecular flexibility index (Phi) is 3.78. The highest BCUT2D eigenvalue weighted by Crippen LogP contribution is 2.15. The van der Waals surface area contributed by atoms with Crippen LogP contribution in [0.4, 0.5) is 0 Å². The van der Waals surface area contributed by atoms with E-state index >= 15 is 0 Å². The highest BCUT2D eigenvalue weighted by molar-refractivity contribution is 5.88. The summed E-state index contributed by atoms with van der Waals surface area (Å²) >= 11 is 0. The largest absolute Gasteiger partial charge is 0.478 e. The van der Waals surface area contributed by atoms with Crippen LogP contribution in [0.25, 0.3) is 6.08 Å². The summed E-state index contributed by atoms with van der Waals surface area (Å²) in [6.45, 7) is 0. The van der Waals surface area contributed by atoms with Gasteiger partial charge in [-0.05, 0) is 35.9 Å². The van der Waals surface area contributed by atoms with Crippen molar-refractivity contribution in [2.24, 2.45) is 0 Å². The lowest BCUT2D eigenvalue weighted by Gasteiger charge is -2.02. The van der Waals surface area contributed by atoms with Crippen LogP contribution >= 0.6 is 0 Å². The van der Waals surface area contributed by atoms with Crippen LogP contribution in [0.15, 0.2) is 53.2 Å². The van der Waals surface area contributed by atoms with Gasteiger partial charge in [0.15, 0.2) is 0 Å². The van der Waals surface area contributed by atoms with Crippen LogP contribution in [-0.2, 0) is 4.79 Å². The third-order valence-electron chi connectivity index (χ3n) is 2.23. The number of carbonyl (C=O) groups is 2. The van der Waals surface area contributed by atoms with E-state index in [1.54, 1.807) is 30.3 Å². The molecule has 5 heteroatoms. The van der Waals surface area contributed by atoms with E-state index in [4.69, 9.17) is 14.3 Å². The molecule has 1 aromatic carbocycles. The number of ether oxygens (including phenoxy) is 1. The van der Waals surface area contributed by atoms with Gasteiger partial charge in [-0.25, -0.2) is 9.59 Å². The molecule has 0 atom stereocenters. The summed E-state index contributed by atoms with van der Waals surface area (Å²) in [5.41, 5.74) is 0.695. The average Bonchev–Trinajstić information content (AvgIpc) is 2.92. The monoisotopic (exact) mass is 258 g/mol. The first kappa shape index (κ1) is 12.6. The molecule has 0 radical (unpaired) electrons. The molecule has 5 nitrogen and oxygen atoms in total. The quantitative estimate of drug-likeness (QED) is 0.518. The van der Waals surface area contributed by atoms with Gasteiger partial charge in [-0.2, -0.15) is 0 Å². The van der Waals surface area contributed by atoms with Crippen LogP contribution in [-0.4, -0.2) is 17.0 Å². The fourth-order valence-electron chi connectivity index (χ4n) is 1.37. The Labute approximate surface area is 108 Å². The molecule has 0 saturated heterocycles. The summed E-state index contributed by atoms with van der Waals surface area (Å²) in [7, 11) is 0. The van der Waals surface area contributed by atoms with E-state index in [2.05, 4.69) is 0 Å². The molecule has 0 aliphatic heterocycles. The molecule has 96 valence electrons. The Balaban J connectivity index is 2.03. The van der Waals surface area contributed by atoms with Gasteiger partial charge in [0, 0.05) is 6.08 Å². The normalized spacial score (nSPS) is 10.5. The van der Waals surface area contributed by atoms with Crippen LogP contribution < -0.4 is 4.74 Å². The van der Waals surface area contributed by atoms with Crippen molar-refractivity contribution in [1.29, 1.82) is 0 Å². The molecule has 0 amide bonds. The number of benzene rings is 1. The molecule has 1 N–H and O–H groups in total. The number of rotatable bonds is 4. The summed E-state index contributed by atoms with van der Waals surface area (Å²) in [5.74, 6) is -1.13. The molecule has 19 heavy (non-hydrogen) atoms. The maximum Gasteiger partial charge on any atom is 0.379 e. The first-order valence-electron chi connectivity index (χ1n) is 5.42. The Hall–Kier alpha value is -2.82. The van der Waals surface area contributed by atoms with E-state index in [0.717, 1.165) is 6.08 Å². The molecule has 0 bridgehead atoms. The molecule has 2 aromatic rings. The Morgan fingerprint density at radius 3 is 2.47 bits per heavy atom. The number of carboxylic acids is 1. The fraction of sp³-hybridized carbons (Fsp3) is 0. The molecule has 1 heterocycles. The second-order valence-corrected chi connectivity index (χ2v) is 3.61. The van der Waals surface area contributed by atoms with Gasteiger partial charge in [0.05, 0.1) is 6.26 Å². The predicted molar refractivity (Wildman–Crippen MR) is 66.8 cm³/mol. The lowest BCUT2D eigenvalue weighted by Crippen LogP contribution is -2.06. The summed E-state index contributed by atoms with van der Waals surface area (Å²) in [6, 6.07) is 9.53. The zero-order valence-electron chi connectivity index (χ0n) is 9.78. The van der Waals surface area contributed by atoms with Crippen molar-refractivity contribution in [3.8, 4) is 5.75 Å². The summed E-state index contributed by atoms with van der Waals surface area (Å²) in [5, 5.41) is 8.49. The van der Waals surface area contributed by atoms with Gasteiger partial charge in [0.2, 0.25) is 5.76 Å².